The number of anilines is 1. The third-order valence-corrected chi connectivity index (χ3v) is 6.27. The highest BCUT2D eigenvalue weighted by molar-refractivity contribution is 7.99. The first kappa shape index (κ1) is 20.5. The van der Waals surface area contributed by atoms with E-state index >= 15 is 0 Å². The Hall–Kier alpha value is -3.39. The van der Waals surface area contributed by atoms with Crippen molar-refractivity contribution in [1.82, 2.24) is 24.5 Å². The van der Waals surface area contributed by atoms with Crippen LogP contribution in [-0.2, 0) is 11.3 Å². The summed E-state index contributed by atoms with van der Waals surface area (Å²) in [5.41, 5.74) is 2.94. The van der Waals surface area contributed by atoms with Crippen molar-refractivity contribution >= 4 is 23.5 Å². The van der Waals surface area contributed by atoms with Crippen molar-refractivity contribution in [1.29, 1.82) is 0 Å². The Morgan fingerprint density at radius 2 is 1.78 bits per heavy atom. The van der Waals surface area contributed by atoms with E-state index in [4.69, 9.17) is 0 Å². The van der Waals surface area contributed by atoms with E-state index in [0.29, 0.717) is 18.3 Å². The lowest BCUT2D eigenvalue weighted by Gasteiger charge is -2.11. The Labute approximate surface area is 190 Å². The molecule has 0 atom stereocenters. The van der Waals surface area contributed by atoms with E-state index in [2.05, 4.69) is 37.3 Å². The zero-order valence-corrected chi connectivity index (χ0v) is 18.6. The Morgan fingerprint density at radius 3 is 2.50 bits per heavy atom. The number of amides is 1. The summed E-state index contributed by atoms with van der Waals surface area (Å²) in [6.45, 7) is 2.62. The molecule has 1 fully saturated rings. The first-order valence-corrected chi connectivity index (χ1v) is 11.7. The van der Waals surface area contributed by atoms with Crippen molar-refractivity contribution in [3.8, 4) is 5.69 Å². The Morgan fingerprint density at radius 1 is 1.06 bits per heavy atom. The first-order valence-electron chi connectivity index (χ1n) is 10.7. The number of nitrogens with zero attached hydrogens (tertiary/aromatic N) is 5. The minimum atomic E-state index is -0.102. The van der Waals surface area contributed by atoms with Crippen molar-refractivity contribution in [2.24, 2.45) is 0 Å². The molecule has 0 radical (unpaired) electrons. The minimum Gasteiger partial charge on any atom is -0.310 e. The van der Waals surface area contributed by atoms with Crippen molar-refractivity contribution in [3.05, 3.63) is 83.8 Å². The number of aryl methyl sites for hydroxylation is 1. The first-order chi connectivity index (χ1) is 15.7. The van der Waals surface area contributed by atoms with Crippen molar-refractivity contribution in [2.75, 3.05) is 11.1 Å². The molecule has 2 aromatic heterocycles. The molecule has 0 bridgehead atoms. The van der Waals surface area contributed by atoms with Crippen LogP contribution in [0.5, 0.6) is 0 Å². The predicted octanol–water partition coefficient (Wildman–Crippen LogP) is 4.43. The lowest BCUT2D eigenvalue weighted by Crippen LogP contribution is -2.17. The maximum absolute atomic E-state index is 12.8. The van der Waals surface area contributed by atoms with Gasteiger partial charge in [0.2, 0.25) is 5.91 Å². The second-order valence-corrected chi connectivity index (χ2v) is 8.88. The van der Waals surface area contributed by atoms with Crippen LogP contribution in [0.1, 0.15) is 35.8 Å². The molecule has 1 amide bonds. The van der Waals surface area contributed by atoms with Crippen LogP contribution in [-0.4, -0.2) is 36.2 Å². The third kappa shape index (κ3) is 4.60. The maximum atomic E-state index is 12.8. The molecule has 0 unspecified atom stereocenters. The van der Waals surface area contributed by atoms with Crippen LogP contribution in [0.3, 0.4) is 0 Å². The summed E-state index contributed by atoms with van der Waals surface area (Å²) in [6.07, 6.45) is 2.31. The molecule has 162 valence electrons. The fraction of sp³-hybridized carbons (Fsp3) is 0.250. The molecule has 7 nitrogen and oxygen atoms in total. The number of hydrogen-bond donors (Lipinski definition) is 1. The van der Waals surface area contributed by atoms with Crippen molar-refractivity contribution in [2.45, 2.75) is 37.4 Å². The summed E-state index contributed by atoms with van der Waals surface area (Å²) in [5, 5.41) is 17.1. The van der Waals surface area contributed by atoms with Gasteiger partial charge in [0.15, 0.2) is 5.16 Å². The van der Waals surface area contributed by atoms with E-state index < -0.39 is 0 Å². The number of rotatable bonds is 8. The molecule has 5 rings (SSSR count). The Balaban J connectivity index is 1.29. The molecule has 2 aromatic carbocycles. The number of carbonyl (C=O) groups is 1. The van der Waals surface area contributed by atoms with Crippen molar-refractivity contribution in [3.63, 3.8) is 0 Å². The van der Waals surface area contributed by atoms with Gasteiger partial charge in [-0.05, 0) is 37.5 Å². The van der Waals surface area contributed by atoms with Gasteiger partial charge in [0, 0.05) is 12.0 Å². The van der Waals surface area contributed by atoms with Gasteiger partial charge in [-0.1, -0.05) is 60.3 Å². The number of thioether (sulfide) groups is 1. The van der Waals surface area contributed by atoms with E-state index in [1.165, 1.54) is 17.3 Å². The highest BCUT2D eigenvalue weighted by Crippen LogP contribution is 2.40. The average Bonchev–Trinajstić information content (AvgIpc) is 3.48. The molecular formula is C24H24N6OS. The van der Waals surface area contributed by atoms with Crippen LogP contribution in [0.25, 0.3) is 5.69 Å². The number of benzene rings is 2. The van der Waals surface area contributed by atoms with Gasteiger partial charge in [0.25, 0.3) is 0 Å². The van der Waals surface area contributed by atoms with Crippen LogP contribution in [0.2, 0.25) is 0 Å². The SMILES string of the molecule is Cc1cc(NC(=O)CSc2nnc(C3CC3)n2Cc2ccccc2)n(-c2ccccc2)n1. The topological polar surface area (TPSA) is 77.6 Å². The summed E-state index contributed by atoms with van der Waals surface area (Å²) in [7, 11) is 0. The van der Waals surface area contributed by atoms with Crippen LogP contribution >= 0.6 is 11.8 Å². The zero-order valence-electron chi connectivity index (χ0n) is 17.8. The molecule has 32 heavy (non-hydrogen) atoms. The van der Waals surface area contributed by atoms with Crippen LogP contribution < -0.4 is 5.32 Å². The van der Waals surface area contributed by atoms with E-state index in [9.17, 15) is 4.79 Å². The standard InChI is InChI=1S/C24H24N6OS/c1-17-14-21(30(28-17)20-10-6-3-7-11-20)25-22(31)16-32-24-27-26-23(19-12-13-19)29(24)15-18-8-4-2-5-9-18/h2-11,14,19H,12-13,15-16H2,1H3,(H,25,31). The summed E-state index contributed by atoms with van der Waals surface area (Å²) in [5.74, 6) is 2.31. The summed E-state index contributed by atoms with van der Waals surface area (Å²) in [6, 6.07) is 21.9. The van der Waals surface area contributed by atoms with Gasteiger partial charge < -0.3 is 9.88 Å². The monoisotopic (exact) mass is 444 g/mol. The molecule has 0 spiro atoms. The van der Waals surface area contributed by atoms with Crippen LogP contribution in [0.15, 0.2) is 71.9 Å². The highest BCUT2D eigenvalue weighted by atomic mass is 32.2. The average molecular weight is 445 g/mol. The molecule has 0 saturated heterocycles. The van der Waals surface area contributed by atoms with Gasteiger partial charge >= 0.3 is 0 Å². The molecule has 2 heterocycles. The predicted molar refractivity (Wildman–Crippen MR) is 125 cm³/mol. The number of hydrogen-bond acceptors (Lipinski definition) is 5. The minimum absolute atomic E-state index is 0.102. The molecule has 1 saturated carbocycles. The van der Waals surface area contributed by atoms with Crippen LogP contribution in [0.4, 0.5) is 5.82 Å². The van der Waals surface area contributed by atoms with Gasteiger partial charge in [0.05, 0.1) is 23.7 Å². The summed E-state index contributed by atoms with van der Waals surface area (Å²) in [4.78, 5) is 12.8. The Bertz CT molecular complexity index is 1210. The molecule has 4 aromatic rings. The summed E-state index contributed by atoms with van der Waals surface area (Å²) < 4.78 is 3.91. The largest absolute Gasteiger partial charge is 0.310 e. The quantitative estimate of drug-likeness (QED) is 0.407. The fourth-order valence-electron chi connectivity index (χ4n) is 3.63. The lowest BCUT2D eigenvalue weighted by atomic mass is 10.2. The number of carbonyl (C=O) groups excluding carboxylic acids is 1. The molecular weight excluding hydrogens is 420 g/mol. The number of nitrogens with one attached hydrogen (secondary N) is 1. The molecule has 1 aliphatic carbocycles. The van der Waals surface area contributed by atoms with Gasteiger partial charge in [-0.15, -0.1) is 10.2 Å². The zero-order chi connectivity index (χ0) is 21.9. The van der Waals surface area contributed by atoms with Crippen LogP contribution in [0, 0.1) is 6.92 Å². The second kappa shape index (κ2) is 9.00. The van der Waals surface area contributed by atoms with E-state index in [0.717, 1.165) is 35.2 Å². The molecule has 1 aliphatic rings. The fourth-order valence-corrected chi connectivity index (χ4v) is 4.37. The summed E-state index contributed by atoms with van der Waals surface area (Å²) >= 11 is 1.42. The van der Waals surface area contributed by atoms with Gasteiger partial charge in [-0.25, -0.2) is 4.68 Å². The smallest absolute Gasteiger partial charge is 0.236 e. The van der Waals surface area contributed by atoms with Gasteiger partial charge in [0.1, 0.15) is 11.6 Å². The Kier molecular flexibility index (Phi) is 5.77. The normalized spacial score (nSPS) is 13.3. The second-order valence-electron chi connectivity index (χ2n) is 7.94. The number of para-hydroxylation sites is 1. The van der Waals surface area contributed by atoms with E-state index in [1.54, 1.807) is 4.68 Å². The number of aromatic nitrogens is 5. The van der Waals surface area contributed by atoms with Gasteiger partial charge in [-0.2, -0.15) is 5.10 Å². The maximum Gasteiger partial charge on any atom is 0.236 e. The molecule has 1 N–H and O–H groups in total. The molecule has 0 aliphatic heterocycles. The third-order valence-electron chi connectivity index (χ3n) is 5.30. The highest BCUT2D eigenvalue weighted by Gasteiger charge is 2.30. The van der Waals surface area contributed by atoms with Crippen molar-refractivity contribution < 1.29 is 4.79 Å². The lowest BCUT2D eigenvalue weighted by molar-refractivity contribution is -0.113. The molecule has 8 heteroatoms. The van der Waals surface area contributed by atoms with E-state index in [-0.39, 0.29) is 11.7 Å². The van der Waals surface area contributed by atoms with Gasteiger partial charge in [-0.3, -0.25) is 4.79 Å². The van der Waals surface area contributed by atoms with E-state index in [1.807, 2.05) is 61.5 Å².